The number of nitrogens with zero attached hydrogens (tertiary/aromatic N) is 2. The van der Waals surface area contributed by atoms with Crippen LogP contribution in [0.3, 0.4) is 0 Å². The molecule has 6 nitrogen and oxygen atoms in total. The van der Waals surface area contributed by atoms with Crippen molar-refractivity contribution in [1.82, 2.24) is 9.29 Å². The standard InChI is InChI=1S/C11H15N3O3S2/c1-7-4-12-11(18-7)13-10(15)8-5-14(6-8)19(16,17)9-2-3-9/h4,8-9H,2-3,5-6H2,1H3,(H,12,13,15). The molecule has 1 aliphatic heterocycles. The fraction of sp³-hybridized carbons (Fsp3) is 0.636. The van der Waals surface area contributed by atoms with Crippen LogP contribution >= 0.6 is 11.3 Å². The third-order valence-corrected chi connectivity index (χ3v) is 6.54. The highest BCUT2D eigenvalue weighted by Gasteiger charge is 2.46. The minimum Gasteiger partial charge on any atom is -0.302 e. The topological polar surface area (TPSA) is 79.4 Å². The van der Waals surface area contributed by atoms with E-state index in [1.165, 1.54) is 15.6 Å². The predicted molar refractivity (Wildman–Crippen MR) is 72.5 cm³/mol. The Morgan fingerprint density at radius 2 is 2.16 bits per heavy atom. The summed E-state index contributed by atoms with van der Waals surface area (Å²) in [6, 6.07) is 0. The maximum atomic E-state index is 11.9. The molecule has 0 unspecified atom stereocenters. The monoisotopic (exact) mass is 301 g/mol. The highest BCUT2D eigenvalue weighted by atomic mass is 32.2. The molecule has 2 aliphatic rings. The van der Waals surface area contributed by atoms with Crippen LogP contribution in [0.1, 0.15) is 17.7 Å². The van der Waals surface area contributed by atoms with Crippen molar-refractivity contribution in [2.75, 3.05) is 18.4 Å². The average Bonchev–Trinajstić information content (AvgIpc) is 3.02. The summed E-state index contributed by atoms with van der Waals surface area (Å²) in [5.41, 5.74) is 0. The van der Waals surface area contributed by atoms with Crippen molar-refractivity contribution < 1.29 is 13.2 Å². The lowest BCUT2D eigenvalue weighted by atomic mass is 10.0. The van der Waals surface area contributed by atoms with E-state index in [9.17, 15) is 13.2 Å². The van der Waals surface area contributed by atoms with Crippen molar-refractivity contribution in [1.29, 1.82) is 0 Å². The van der Waals surface area contributed by atoms with Crippen LogP contribution in [0.25, 0.3) is 0 Å². The fourth-order valence-electron chi connectivity index (χ4n) is 2.01. The summed E-state index contributed by atoms with van der Waals surface area (Å²) in [7, 11) is -3.12. The summed E-state index contributed by atoms with van der Waals surface area (Å²) < 4.78 is 25.2. The summed E-state index contributed by atoms with van der Waals surface area (Å²) in [5.74, 6) is -0.394. The lowest BCUT2D eigenvalue weighted by Gasteiger charge is -2.36. The molecule has 1 saturated heterocycles. The van der Waals surface area contributed by atoms with Crippen LogP contribution in [0.5, 0.6) is 0 Å². The van der Waals surface area contributed by atoms with Gasteiger partial charge in [-0.25, -0.2) is 13.4 Å². The van der Waals surface area contributed by atoms with E-state index in [1.54, 1.807) is 6.20 Å². The Balaban J connectivity index is 1.54. The van der Waals surface area contributed by atoms with Gasteiger partial charge in [0, 0.05) is 24.2 Å². The predicted octanol–water partition coefficient (Wildman–Crippen LogP) is 0.814. The Kier molecular flexibility index (Phi) is 3.11. The van der Waals surface area contributed by atoms with Gasteiger partial charge in [-0.05, 0) is 19.8 Å². The van der Waals surface area contributed by atoms with Gasteiger partial charge in [0.2, 0.25) is 15.9 Å². The maximum absolute atomic E-state index is 11.9. The molecule has 19 heavy (non-hydrogen) atoms. The van der Waals surface area contributed by atoms with Gasteiger partial charge in [-0.3, -0.25) is 4.79 Å². The second-order valence-electron chi connectivity index (χ2n) is 5.02. The second kappa shape index (κ2) is 4.53. The highest BCUT2D eigenvalue weighted by molar-refractivity contribution is 7.90. The summed E-state index contributed by atoms with van der Waals surface area (Å²) in [6.07, 6.45) is 3.22. The smallest absolute Gasteiger partial charge is 0.231 e. The summed E-state index contributed by atoms with van der Waals surface area (Å²) in [4.78, 5) is 17.0. The Hall–Kier alpha value is -0.990. The van der Waals surface area contributed by atoms with Gasteiger partial charge in [0.15, 0.2) is 5.13 Å². The minimum absolute atomic E-state index is 0.142. The first-order valence-electron chi connectivity index (χ1n) is 6.19. The molecule has 0 atom stereocenters. The number of carbonyl (C=O) groups is 1. The molecule has 0 spiro atoms. The van der Waals surface area contributed by atoms with Gasteiger partial charge in [-0.1, -0.05) is 0 Å². The molecule has 8 heteroatoms. The van der Waals surface area contributed by atoms with Crippen molar-refractivity contribution in [2.45, 2.75) is 25.0 Å². The van der Waals surface area contributed by atoms with Gasteiger partial charge < -0.3 is 5.32 Å². The molecule has 1 amide bonds. The van der Waals surface area contributed by atoms with Gasteiger partial charge in [0.25, 0.3) is 0 Å². The number of aryl methyl sites for hydroxylation is 1. The molecule has 0 radical (unpaired) electrons. The fourth-order valence-corrected chi connectivity index (χ4v) is 4.60. The van der Waals surface area contributed by atoms with E-state index in [2.05, 4.69) is 10.3 Å². The zero-order chi connectivity index (χ0) is 13.6. The number of aromatic nitrogens is 1. The van der Waals surface area contributed by atoms with Crippen LogP contribution in [-0.4, -0.2) is 42.0 Å². The quantitative estimate of drug-likeness (QED) is 0.892. The van der Waals surface area contributed by atoms with E-state index in [0.29, 0.717) is 18.2 Å². The Morgan fingerprint density at radius 1 is 1.47 bits per heavy atom. The molecular formula is C11H15N3O3S2. The first-order chi connectivity index (χ1) is 8.96. The molecule has 1 aromatic rings. The van der Waals surface area contributed by atoms with E-state index >= 15 is 0 Å². The third-order valence-electron chi connectivity index (χ3n) is 3.38. The zero-order valence-corrected chi connectivity index (χ0v) is 12.1. The molecular weight excluding hydrogens is 286 g/mol. The lowest BCUT2D eigenvalue weighted by molar-refractivity contribution is -0.122. The maximum Gasteiger partial charge on any atom is 0.231 e. The van der Waals surface area contributed by atoms with Crippen molar-refractivity contribution >= 4 is 32.4 Å². The first kappa shape index (κ1) is 13.0. The van der Waals surface area contributed by atoms with Crippen LogP contribution < -0.4 is 5.32 Å². The van der Waals surface area contributed by atoms with Crippen molar-refractivity contribution in [3.05, 3.63) is 11.1 Å². The van der Waals surface area contributed by atoms with Gasteiger partial charge in [-0.2, -0.15) is 4.31 Å². The van der Waals surface area contributed by atoms with Gasteiger partial charge >= 0.3 is 0 Å². The van der Waals surface area contributed by atoms with E-state index in [0.717, 1.165) is 17.7 Å². The number of hydrogen-bond acceptors (Lipinski definition) is 5. The van der Waals surface area contributed by atoms with Crippen LogP contribution in [0.4, 0.5) is 5.13 Å². The summed E-state index contributed by atoms with van der Waals surface area (Å²) in [6.45, 7) is 2.52. The molecule has 1 N–H and O–H groups in total. The molecule has 2 heterocycles. The van der Waals surface area contributed by atoms with Gasteiger partial charge in [-0.15, -0.1) is 11.3 Å². The Labute approximate surface area is 115 Å². The Bertz CT molecular complexity index is 600. The van der Waals surface area contributed by atoms with Gasteiger partial charge in [0.1, 0.15) is 0 Å². The minimum atomic E-state index is -3.12. The number of anilines is 1. The first-order valence-corrected chi connectivity index (χ1v) is 8.51. The van der Waals surface area contributed by atoms with E-state index < -0.39 is 10.0 Å². The van der Waals surface area contributed by atoms with Crippen LogP contribution in [-0.2, 0) is 14.8 Å². The molecule has 3 rings (SSSR count). The van der Waals surface area contributed by atoms with Crippen molar-refractivity contribution in [3.8, 4) is 0 Å². The van der Waals surface area contributed by atoms with Crippen LogP contribution in [0.15, 0.2) is 6.20 Å². The second-order valence-corrected chi connectivity index (χ2v) is 8.47. The number of rotatable bonds is 4. The third kappa shape index (κ3) is 2.52. The SMILES string of the molecule is Cc1cnc(NC(=O)C2CN(S(=O)(=O)C3CC3)C2)s1. The number of nitrogens with one attached hydrogen (secondary N) is 1. The number of carbonyl (C=O) groups excluding carboxylic acids is 1. The van der Waals surface area contributed by atoms with E-state index in [1.807, 2.05) is 6.92 Å². The number of hydrogen-bond donors (Lipinski definition) is 1. The van der Waals surface area contributed by atoms with Crippen LogP contribution in [0, 0.1) is 12.8 Å². The zero-order valence-electron chi connectivity index (χ0n) is 10.5. The number of amides is 1. The number of thiazole rings is 1. The normalized spacial score (nSPS) is 21.1. The molecule has 2 fully saturated rings. The van der Waals surface area contributed by atoms with Crippen molar-refractivity contribution in [3.63, 3.8) is 0 Å². The molecule has 0 aromatic carbocycles. The average molecular weight is 301 g/mol. The van der Waals surface area contributed by atoms with E-state index in [-0.39, 0.29) is 17.1 Å². The summed E-state index contributed by atoms with van der Waals surface area (Å²) >= 11 is 1.41. The highest BCUT2D eigenvalue weighted by Crippen LogP contribution is 2.34. The molecule has 1 aliphatic carbocycles. The van der Waals surface area contributed by atoms with Crippen LogP contribution in [0.2, 0.25) is 0 Å². The number of sulfonamides is 1. The Morgan fingerprint density at radius 3 is 2.68 bits per heavy atom. The molecule has 0 bridgehead atoms. The van der Waals surface area contributed by atoms with E-state index in [4.69, 9.17) is 0 Å². The van der Waals surface area contributed by atoms with Crippen molar-refractivity contribution in [2.24, 2.45) is 5.92 Å². The molecule has 1 aromatic heterocycles. The molecule has 1 saturated carbocycles. The summed E-state index contributed by atoms with van der Waals surface area (Å²) in [5, 5.41) is 3.11. The van der Waals surface area contributed by atoms with Gasteiger partial charge in [0.05, 0.1) is 11.2 Å². The molecule has 104 valence electrons. The lowest BCUT2D eigenvalue weighted by Crippen LogP contribution is -2.55. The largest absolute Gasteiger partial charge is 0.302 e.